The Kier molecular flexibility index (Phi) is 7.50. The molecule has 4 rings (SSSR count). The summed E-state index contributed by atoms with van der Waals surface area (Å²) in [5, 5.41) is 15.6. The SMILES string of the molecule is CCc1csc(-c2ccc(CNCCCOc3ccc4c(c3)CC[C@H]4CC(=O)O)nc2)n1. The number of nitrogens with zero attached hydrogens (tertiary/aromatic N) is 2. The molecule has 1 aliphatic carbocycles. The molecule has 32 heavy (non-hydrogen) atoms. The Morgan fingerprint density at radius 2 is 2.19 bits per heavy atom. The molecule has 2 aromatic heterocycles. The molecule has 0 bridgehead atoms. The highest BCUT2D eigenvalue weighted by molar-refractivity contribution is 7.13. The number of fused-ring (bicyclic) bond motifs is 1. The number of aryl methyl sites for hydroxylation is 2. The number of carboxylic acid groups (broad SMARTS) is 1. The summed E-state index contributed by atoms with van der Waals surface area (Å²) < 4.78 is 5.90. The first kappa shape index (κ1) is 22.4. The van der Waals surface area contributed by atoms with Crippen LogP contribution in [0.4, 0.5) is 0 Å². The van der Waals surface area contributed by atoms with Crippen LogP contribution in [0.1, 0.15) is 54.6 Å². The van der Waals surface area contributed by atoms with Crippen molar-refractivity contribution in [3.05, 3.63) is 64.4 Å². The lowest BCUT2D eigenvalue weighted by atomic mass is 9.98. The molecule has 1 aromatic carbocycles. The number of nitrogens with one attached hydrogen (secondary N) is 1. The normalized spacial score (nSPS) is 15.0. The third kappa shape index (κ3) is 5.72. The number of pyridine rings is 1. The summed E-state index contributed by atoms with van der Waals surface area (Å²) in [4.78, 5) is 20.2. The molecule has 2 N–H and O–H groups in total. The van der Waals surface area contributed by atoms with E-state index in [9.17, 15) is 4.79 Å². The van der Waals surface area contributed by atoms with Gasteiger partial charge in [-0.15, -0.1) is 11.3 Å². The van der Waals surface area contributed by atoms with Crippen LogP contribution in [0.3, 0.4) is 0 Å². The van der Waals surface area contributed by atoms with Gasteiger partial charge in [-0.3, -0.25) is 9.78 Å². The molecule has 3 aromatic rings. The second-order valence-corrected chi connectivity index (χ2v) is 8.97. The second kappa shape index (κ2) is 10.7. The van der Waals surface area contributed by atoms with E-state index in [-0.39, 0.29) is 12.3 Å². The maximum Gasteiger partial charge on any atom is 0.303 e. The van der Waals surface area contributed by atoms with E-state index in [0.717, 1.165) is 66.5 Å². The predicted molar refractivity (Wildman–Crippen MR) is 126 cm³/mol. The van der Waals surface area contributed by atoms with Gasteiger partial charge in [-0.2, -0.15) is 0 Å². The quantitative estimate of drug-likeness (QED) is 0.406. The zero-order valence-electron chi connectivity index (χ0n) is 18.3. The molecule has 0 aliphatic heterocycles. The van der Waals surface area contributed by atoms with Crippen LogP contribution in [0, 0.1) is 0 Å². The lowest BCUT2D eigenvalue weighted by Crippen LogP contribution is -2.17. The van der Waals surface area contributed by atoms with Crippen molar-refractivity contribution in [1.82, 2.24) is 15.3 Å². The molecule has 0 unspecified atom stereocenters. The van der Waals surface area contributed by atoms with Crippen molar-refractivity contribution < 1.29 is 14.6 Å². The Hall–Kier alpha value is -2.77. The summed E-state index contributed by atoms with van der Waals surface area (Å²) in [6.45, 7) is 4.33. The summed E-state index contributed by atoms with van der Waals surface area (Å²) in [6, 6.07) is 10.2. The monoisotopic (exact) mass is 451 g/mol. The number of ether oxygens (including phenoxy) is 1. The van der Waals surface area contributed by atoms with Crippen LogP contribution in [0.5, 0.6) is 5.75 Å². The summed E-state index contributed by atoms with van der Waals surface area (Å²) in [5.74, 6) is 0.274. The van der Waals surface area contributed by atoms with Gasteiger partial charge in [-0.1, -0.05) is 13.0 Å². The standard InChI is InChI=1S/C25H29N3O3S/c1-2-20-16-32-25(28-20)19-6-7-21(27-14-19)15-26-10-3-11-31-22-8-9-23-17(12-22)4-5-18(23)13-24(29)30/h6-9,12,14,16,18,26H,2-5,10-11,13,15H2,1H3,(H,29,30)/t18-/m0/s1. The smallest absolute Gasteiger partial charge is 0.303 e. The average molecular weight is 452 g/mol. The number of benzene rings is 1. The number of thiazole rings is 1. The molecular weight excluding hydrogens is 422 g/mol. The molecule has 6 nitrogen and oxygen atoms in total. The number of rotatable bonds is 11. The highest BCUT2D eigenvalue weighted by Crippen LogP contribution is 2.37. The van der Waals surface area contributed by atoms with Gasteiger partial charge in [0.05, 0.1) is 24.4 Å². The van der Waals surface area contributed by atoms with E-state index in [0.29, 0.717) is 6.61 Å². The highest BCUT2D eigenvalue weighted by atomic mass is 32.1. The lowest BCUT2D eigenvalue weighted by molar-refractivity contribution is -0.137. The van der Waals surface area contributed by atoms with Crippen LogP contribution in [0.2, 0.25) is 0 Å². The van der Waals surface area contributed by atoms with E-state index in [4.69, 9.17) is 9.84 Å². The maximum atomic E-state index is 11.0. The molecular formula is C25H29N3O3S. The van der Waals surface area contributed by atoms with Crippen LogP contribution in [0.15, 0.2) is 41.9 Å². The zero-order chi connectivity index (χ0) is 22.3. The number of aromatic nitrogens is 2. The molecule has 1 aliphatic rings. The topological polar surface area (TPSA) is 84.3 Å². The van der Waals surface area contributed by atoms with Crippen LogP contribution >= 0.6 is 11.3 Å². The van der Waals surface area contributed by atoms with Crippen molar-refractivity contribution in [2.24, 2.45) is 0 Å². The average Bonchev–Trinajstić information content (AvgIpc) is 3.43. The molecule has 1 atom stereocenters. The third-order valence-corrected chi connectivity index (χ3v) is 6.74. The Labute approximate surface area is 192 Å². The number of carbonyl (C=O) groups is 1. The van der Waals surface area contributed by atoms with E-state index in [1.165, 1.54) is 11.1 Å². The van der Waals surface area contributed by atoms with Crippen molar-refractivity contribution in [2.45, 2.75) is 51.5 Å². The minimum Gasteiger partial charge on any atom is -0.494 e. The molecule has 168 valence electrons. The van der Waals surface area contributed by atoms with Gasteiger partial charge in [-0.25, -0.2) is 4.98 Å². The summed E-state index contributed by atoms with van der Waals surface area (Å²) >= 11 is 1.66. The second-order valence-electron chi connectivity index (χ2n) is 8.11. The van der Waals surface area contributed by atoms with Crippen LogP contribution in [-0.4, -0.2) is 34.2 Å². The first-order valence-electron chi connectivity index (χ1n) is 11.2. The zero-order valence-corrected chi connectivity index (χ0v) is 19.2. The van der Waals surface area contributed by atoms with E-state index >= 15 is 0 Å². The van der Waals surface area contributed by atoms with Crippen molar-refractivity contribution in [3.63, 3.8) is 0 Å². The maximum absolute atomic E-state index is 11.0. The largest absolute Gasteiger partial charge is 0.494 e. The number of carboxylic acids is 1. The van der Waals surface area contributed by atoms with Crippen LogP contribution in [-0.2, 0) is 24.2 Å². The van der Waals surface area contributed by atoms with E-state index in [1.54, 1.807) is 11.3 Å². The molecule has 0 fully saturated rings. The van der Waals surface area contributed by atoms with Crippen molar-refractivity contribution in [1.29, 1.82) is 0 Å². The number of hydrogen-bond donors (Lipinski definition) is 2. The fraction of sp³-hybridized carbons (Fsp3) is 0.400. The molecule has 0 radical (unpaired) electrons. The minimum absolute atomic E-state index is 0.138. The Morgan fingerprint density at radius 3 is 2.94 bits per heavy atom. The highest BCUT2D eigenvalue weighted by Gasteiger charge is 2.24. The Morgan fingerprint density at radius 1 is 1.28 bits per heavy atom. The van der Waals surface area contributed by atoms with E-state index < -0.39 is 5.97 Å². The van der Waals surface area contributed by atoms with Crippen LogP contribution < -0.4 is 10.1 Å². The minimum atomic E-state index is -0.730. The van der Waals surface area contributed by atoms with Gasteiger partial charge < -0.3 is 15.2 Å². The van der Waals surface area contributed by atoms with Gasteiger partial charge >= 0.3 is 5.97 Å². The molecule has 0 amide bonds. The first-order valence-corrected chi connectivity index (χ1v) is 12.1. The fourth-order valence-corrected chi connectivity index (χ4v) is 4.95. The van der Waals surface area contributed by atoms with Gasteiger partial charge in [-0.05, 0) is 73.5 Å². The Balaban J connectivity index is 1.16. The number of aliphatic carboxylic acids is 1. The molecule has 7 heteroatoms. The predicted octanol–water partition coefficient (Wildman–Crippen LogP) is 4.83. The summed E-state index contributed by atoms with van der Waals surface area (Å²) in [5.41, 5.74) is 5.60. The van der Waals surface area contributed by atoms with E-state index in [1.807, 2.05) is 24.4 Å². The van der Waals surface area contributed by atoms with Gasteiger partial charge in [0.25, 0.3) is 0 Å². The molecule has 0 saturated heterocycles. The van der Waals surface area contributed by atoms with Gasteiger partial charge in [0.15, 0.2) is 0 Å². The summed E-state index contributed by atoms with van der Waals surface area (Å²) in [6.07, 6.45) is 5.80. The molecule has 0 spiro atoms. The Bertz CT molecular complexity index is 1050. The fourth-order valence-electron chi connectivity index (χ4n) is 4.06. The van der Waals surface area contributed by atoms with E-state index in [2.05, 4.69) is 39.7 Å². The first-order chi connectivity index (χ1) is 15.6. The van der Waals surface area contributed by atoms with Gasteiger partial charge in [0, 0.05) is 23.7 Å². The molecule has 2 heterocycles. The van der Waals surface area contributed by atoms with Crippen molar-refractivity contribution in [2.75, 3.05) is 13.2 Å². The molecule has 0 saturated carbocycles. The van der Waals surface area contributed by atoms with Crippen molar-refractivity contribution >= 4 is 17.3 Å². The lowest BCUT2D eigenvalue weighted by Gasteiger charge is -2.11. The number of hydrogen-bond acceptors (Lipinski definition) is 6. The van der Waals surface area contributed by atoms with Crippen molar-refractivity contribution in [3.8, 4) is 16.3 Å². The van der Waals surface area contributed by atoms with Gasteiger partial charge in [0.2, 0.25) is 0 Å². The summed E-state index contributed by atoms with van der Waals surface area (Å²) in [7, 11) is 0. The third-order valence-electron chi connectivity index (χ3n) is 5.80. The van der Waals surface area contributed by atoms with Crippen LogP contribution in [0.25, 0.3) is 10.6 Å². The van der Waals surface area contributed by atoms with Gasteiger partial charge in [0.1, 0.15) is 10.8 Å².